The molecule has 0 saturated heterocycles. The molecule has 0 aliphatic heterocycles. The number of furan rings is 1. The molecular weight excluding hydrogens is 240 g/mol. The molecule has 1 atom stereocenters. The number of aryl methyl sites for hydroxylation is 1. The van der Waals surface area contributed by atoms with E-state index in [9.17, 15) is 4.79 Å². The molecule has 1 amide bonds. The lowest BCUT2D eigenvalue weighted by molar-refractivity contribution is 0.0939. The van der Waals surface area contributed by atoms with Gasteiger partial charge in [0.05, 0.1) is 11.8 Å². The van der Waals surface area contributed by atoms with E-state index in [0.29, 0.717) is 17.7 Å². The van der Waals surface area contributed by atoms with Crippen molar-refractivity contribution in [2.24, 2.45) is 0 Å². The lowest BCUT2D eigenvalue weighted by Crippen LogP contribution is -2.34. The van der Waals surface area contributed by atoms with Gasteiger partial charge < -0.3 is 15.5 Å². The summed E-state index contributed by atoms with van der Waals surface area (Å²) in [6, 6.07) is 9.17. The van der Waals surface area contributed by atoms with Gasteiger partial charge in [0.25, 0.3) is 5.91 Å². The largest absolute Gasteiger partial charge is 0.469 e. The molecular formula is C15H18N2O2. The van der Waals surface area contributed by atoms with Crippen LogP contribution < -0.4 is 11.1 Å². The summed E-state index contributed by atoms with van der Waals surface area (Å²) in [6.07, 6.45) is 2.29. The third-order valence-corrected chi connectivity index (χ3v) is 3.00. The number of amides is 1. The molecule has 1 unspecified atom stereocenters. The molecule has 1 aromatic heterocycles. The maximum atomic E-state index is 12.2. The Kier molecular flexibility index (Phi) is 3.90. The summed E-state index contributed by atoms with van der Waals surface area (Å²) in [7, 11) is 0. The minimum atomic E-state index is -0.144. The van der Waals surface area contributed by atoms with Gasteiger partial charge >= 0.3 is 0 Å². The Morgan fingerprint density at radius 3 is 2.79 bits per heavy atom. The van der Waals surface area contributed by atoms with Gasteiger partial charge in [0.1, 0.15) is 5.76 Å². The van der Waals surface area contributed by atoms with Gasteiger partial charge in [0.2, 0.25) is 0 Å². The summed E-state index contributed by atoms with van der Waals surface area (Å²) in [5, 5.41) is 2.94. The highest BCUT2D eigenvalue weighted by Gasteiger charge is 2.15. The second-order valence-electron chi connectivity index (χ2n) is 4.70. The minimum absolute atomic E-state index is 0.0161. The van der Waals surface area contributed by atoms with Gasteiger partial charge in [0.15, 0.2) is 0 Å². The maximum Gasteiger partial charge on any atom is 0.253 e. The average Bonchev–Trinajstić information content (AvgIpc) is 2.81. The highest BCUT2D eigenvalue weighted by Crippen LogP contribution is 2.16. The number of nitrogen functional groups attached to an aromatic ring is 1. The van der Waals surface area contributed by atoms with Gasteiger partial charge in [-0.1, -0.05) is 12.1 Å². The van der Waals surface area contributed by atoms with Crippen molar-refractivity contribution >= 4 is 11.6 Å². The second kappa shape index (κ2) is 5.61. The fourth-order valence-electron chi connectivity index (χ4n) is 2.08. The first-order chi connectivity index (χ1) is 9.08. The van der Waals surface area contributed by atoms with Crippen LogP contribution in [0.5, 0.6) is 0 Å². The predicted molar refractivity (Wildman–Crippen MR) is 74.9 cm³/mol. The Balaban J connectivity index is 2.04. The number of rotatable bonds is 4. The molecule has 100 valence electrons. The average molecular weight is 258 g/mol. The van der Waals surface area contributed by atoms with Crippen LogP contribution in [0.15, 0.2) is 41.0 Å². The van der Waals surface area contributed by atoms with E-state index in [1.165, 1.54) is 0 Å². The molecule has 2 aromatic rings. The Morgan fingerprint density at radius 1 is 1.37 bits per heavy atom. The van der Waals surface area contributed by atoms with E-state index in [4.69, 9.17) is 10.2 Å². The summed E-state index contributed by atoms with van der Waals surface area (Å²) in [5.74, 6) is 0.709. The summed E-state index contributed by atoms with van der Waals surface area (Å²) in [4.78, 5) is 12.2. The van der Waals surface area contributed by atoms with Crippen LogP contribution in [0.25, 0.3) is 0 Å². The minimum Gasteiger partial charge on any atom is -0.469 e. The van der Waals surface area contributed by atoms with E-state index < -0.39 is 0 Å². The molecule has 2 rings (SSSR count). The van der Waals surface area contributed by atoms with Gasteiger partial charge in [0, 0.05) is 18.2 Å². The van der Waals surface area contributed by atoms with Gasteiger partial charge in [-0.05, 0) is 37.6 Å². The molecule has 4 heteroatoms. The SMILES string of the molecule is Cc1cccc(N)c1C(=O)NC(C)Cc1ccco1. The van der Waals surface area contributed by atoms with Gasteiger partial charge in [-0.25, -0.2) is 0 Å². The van der Waals surface area contributed by atoms with Crippen LogP contribution in [0.3, 0.4) is 0 Å². The van der Waals surface area contributed by atoms with E-state index in [2.05, 4.69) is 5.32 Å². The first-order valence-corrected chi connectivity index (χ1v) is 6.26. The van der Waals surface area contributed by atoms with E-state index in [0.717, 1.165) is 11.3 Å². The molecule has 0 aliphatic carbocycles. The fraction of sp³-hybridized carbons (Fsp3) is 0.267. The first kappa shape index (κ1) is 13.2. The molecule has 0 saturated carbocycles. The standard InChI is InChI=1S/C15H18N2O2/c1-10-5-3-7-13(16)14(10)15(18)17-11(2)9-12-6-4-8-19-12/h3-8,11H,9,16H2,1-2H3,(H,17,18). The number of carbonyl (C=O) groups is 1. The third kappa shape index (κ3) is 3.16. The Bertz CT molecular complexity index is 541. The number of anilines is 1. The quantitative estimate of drug-likeness (QED) is 0.828. The molecule has 0 radical (unpaired) electrons. The summed E-state index contributed by atoms with van der Waals surface area (Å²) in [6.45, 7) is 3.82. The highest BCUT2D eigenvalue weighted by molar-refractivity contribution is 6.00. The van der Waals surface area contributed by atoms with Crippen molar-refractivity contribution in [2.45, 2.75) is 26.3 Å². The molecule has 0 aliphatic rings. The van der Waals surface area contributed by atoms with Crippen LogP contribution >= 0.6 is 0 Å². The molecule has 3 N–H and O–H groups in total. The van der Waals surface area contributed by atoms with E-state index >= 15 is 0 Å². The summed E-state index contributed by atoms with van der Waals surface area (Å²) < 4.78 is 5.26. The van der Waals surface area contributed by atoms with Crippen molar-refractivity contribution in [1.82, 2.24) is 5.32 Å². The van der Waals surface area contributed by atoms with Crippen LogP contribution in [-0.2, 0) is 6.42 Å². The zero-order valence-corrected chi connectivity index (χ0v) is 11.1. The molecule has 1 heterocycles. The lowest BCUT2D eigenvalue weighted by atomic mass is 10.1. The van der Waals surface area contributed by atoms with Crippen LogP contribution in [-0.4, -0.2) is 11.9 Å². The fourth-order valence-corrected chi connectivity index (χ4v) is 2.08. The molecule has 0 bridgehead atoms. The predicted octanol–water partition coefficient (Wildman–Crippen LogP) is 2.53. The zero-order chi connectivity index (χ0) is 13.8. The number of hydrogen-bond acceptors (Lipinski definition) is 3. The van der Waals surface area contributed by atoms with E-state index in [1.54, 1.807) is 12.3 Å². The van der Waals surface area contributed by atoms with Crippen LogP contribution in [0.4, 0.5) is 5.69 Å². The zero-order valence-electron chi connectivity index (χ0n) is 11.1. The third-order valence-electron chi connectivity index (χ3n) is 3.00. The van der Waals surface area contributed by atoms with Crippen LogP contribution in [0, 0.1) is 6.92 Å². The van der Waals surface area contributed by atoms with Gasteiger partial charge in [-0.2, -0.15) is 0 Å². The lowest BCUT2D eigenvalue weighted by Gasteiger charge is -2.15. The summed E-state index contributed by atoms with van der Waals surface area (Å²) in [5.41, 5.74) is 7.78. The number of carbonyl (C=O) groups excluding carboxylic acids is 1. The number of nitrogens with two attached hydrogens (primary N) is 1. The first-order valence-electron chi connectivity index (χ1n) is 6.26. The van der Waals surface area contributed by atoms with Crippen LogP contribution in [0.2, 0.25) is 0 Å². The topological polar surface area (TPSA) is 68.3 Å². The van der Waals surface area contributed by atoms with Crippen molar-refractivity contribution in [3.63, 3.8) is 0 Å². The van der Waals surface area contributed by atoms with E-state index in [-0.39, 0.29) is 11.9 Å². The Morgan fingerprint density at radius 2 is 2.16 bits per heavy atom. The summed E-state index contributed by atoms with van der Waals surface area (Å²) >= 11 is 0. The van der Waals surface area contributed by atoms with Crippen molar-refractivity contribution < 1.29 is 9.21 Å². The molecule has 0 spiro atoms. The second-order valence-corrected chi connectivity index (χ2v) is 4.70. The molecule has 0 fully saturated rings. The number of hydrogen-bond donors (Lipinski definition) is 2. The Labute approximate surface area is 112 Å². The van der Waals surface area contributed by atoms with Crippen LogP contribution in [0.1, 0.15) is 28.6 Å². The monoisotopic (exact) mass is 258 g/mol. The highest BCUT2D eigenvalue weighted by atomic mass is 16.3. The van der Waals surface area contributed by atoms with Gasteiger partial charge in [-0.3, -0.25) is 4.79 Å². The molecule has 19 heavy (non-hydrogen) atoms. The number of nitrogens with one attached hydrogen (secondary N) is 1. The van der Waals surface area contributed by atoms with Crippen molar-refractivity contribution in [3.8, 4) is 0 Å². The smallest absolute Gasteiger partial charge is 0.253 e. The molecule has 1 aromatic carbocycles. The van der Waals surface area contributed by atoms with Gasteiger partial charge in [-0.15, -0.1) is 0 Å². The van der Waals surface area contributed by atoms with E-state index in [1.807, 2.05) is 38.1 Å². The Hall–Kier alpha value is -2.23. The van der Waals surface area contributed by atoms with Crippen molar-refractivity contribution in [1.29, 1.82) is 0 Å². The van der Waals surface area contributed by atoms with Crippen molar-refractivity contribution in [3.05, 3.63) is 53.5 Å². The normalized spacial score (nSPS) is 12.1. The number of benzene rings is 1. The maximum absolute atomic E-state index is 12.2. The van der Waals surface area contributed by atoms with Crippen molar-refractivity contribution in [2.75, 3.05) is 5.73 Å². The molecule has 4 nitrogen and oxygen atoms in total.